The van der Waals surface area contributed by atoms with Gasteiger partial charge in [0, 0.05) is 5.69 Å². The summed E-state index contributed by atoms with van der Waals surface area (Å²) in [6.07, 6.45) is -0.0626. The van der Waals surface area contributed by atoms with Crippen LogP contribution >= 0.6 is 0 Å². The standard InChI is InChI=1S/C16H15NO4/c1-10-2-7-14(18)13(8-10)16(21)17-12-5-3-11(4-6-12)9-15(19)20/h2-8,18H,9H2,1H3,(H,17,21)(H,19,20). The summed E-state index contributed by atoms with van der Waals surface area (Å²) in [5.41, 5.74) is 2.26. The molecule has 2 rings (SSSR count). The number of anilines is 1. The van der Waals surface area contributed by atoms with Crippen molar-refractivity contribution in [2.24, 2.45) is 0 Å². The van der Waals surface area contributed by atoms with Gasteiger partial charge < -0.3 is 15.5 Å². The van der Waals surface area contributed by atoms with Crippen LogP contribution in [0.15, 0.2) is 42.5 Å². The molecule has 0 radical (unpaired) electrons. The van der Waals surface area contributed by atoms with E-state index in [1.54, 1.807) is 36.4 Å². The van der Waals surface area contributed by atoms with Crippen LogP contribution in [0.5, 0.6) is 5.75 Å². The maximum absolute atomic E-state index is 12.1. The third-order valence-corrected chi connectivity index (χ3v) is 2.96. The number of carbonyl (C=O) groups is 2. The lowest BCUT2D eigenvalue weighted by Crippen LogP contribution is -2.12. The van der Waals surface area contributed by atoms with E-state index < -0.39 is 11.9 Å². The van der Waals surface area contributed by atoms with Crippen molar-refractivity contribution in [3.05, 3.63) is 59.2 Å². The van der Waals surface area contributed by atoms with Gasteiger partial charge >= 0.3 is 5.97 Å². The zero-order valence-corrected chi connectivity index (χ0v) is 11.5. The van der Waals surface area contributed by atoms with Crippen LogP contribution < -0.4 is 5.32 Å². The molecule has 0 saturated carbocycles. The lowest BCUT2D eigenvalue weighted by molar-refractivity contribution is -0.136. The average Bonchev–Trinajstić information content (AvgIpc) is 2.43. The number of phenolic OH excluding ortho intramolecular Hbond substituents is 1. The van der Waals surface area contributed by atoms with Gasteiger partial charge in [-0.05, 0) is 36.8 Å². The van der Waals surface area contributed by atoms with Gasteiger partial charge in [-0.2, -0.15) is 0 Å². The zero-order chi connectivity index (χ0) is 15.4. The minimum atomic E-state index is -0.906. The summed E-state index contributed by atoms with van der Waals surface area (Å²) in [6, 6.07) is 11.3. The molecule has 0 aliphatic rings. The molecule has 0 aromatic heterocycles. The Morgan fingerprint density at radius 2 is 1.76 bits per heavy atom. The van der Waals surface area contributed by atoms with Gasteiger partial charge in [-0.3, -0.25) is 9.59 Å². The van der Waals surface area contributed by atoms with Crippen LogP contribution in [0, 0.1) is 6.92 Å². The molecule has 5 nitrogen and oxygen atoms in total. The lowest BCUT2D eigenvalue weighted by atomic mass is 10.1. The number of aromatic hydroxyl groups is 1. The second-order valence-corrected chi connectivity index (χ2v) is 4.74. The van der Waals surface area contributed by atoms with Gasteiger partial charge in [0.1, 0.15) is 5.75 Å². The van der Waals surface area contributed by atoms with Gasteiger partial charge in [-0.1, -0.05) is 23.8 Å². The number of nitrogens with one attached hydrogen (secondary N) is 1. The van der Waals surface area contributed by atoms with Crippen LogP contribution in [-0.4, -0.2) is 22.1 Å². The third-order valence-electron chi connectivity index (χ3n) is 2.96. The molecule has 0 heterocycles. The summed E-state index contributed by atoms with van der Waals surface area (Å²) in [4.78, 5) is 22.7. The highest BCUT2D eigenvalue weighted by Crippen LogP contribution is 2.20. The first-order chi connectivity index (χ1) is 9.95. The predicted molar refractivity (Wildman–Crippen MR) is 78.6 cm³/mol. The molecule has 2 aromatic rings. The van der Waals surface area contributed by atoms with Crippen molar-refractivity contribution in [2.45, 2.75) is 13.3 Å². The van der Waals surface area contributed by atoms with E-state index in [-0.39, 0.29) is 17.7 Å². The van der Waals surface area contributed by atoms with Gasteiger partial charge in [0.25, 0.3) is 5.91 Å². The number of aliphatic carboxylic acids is 1. The molecule has 3 N–H and O–H groups in total. The molecule has 1 amide bonds. The molecule has 2 aromatic carbocycles. The quantitative estimate of drug-likeness (QED) is 0.805. The maximum Gasteiger partial charge on any atom is 0.307 e. The minimum absolute atomic E-state index is 0.0626. The molecule has 0 saturated heterocycles. The fourth-order valence-corrected chi connectivity index (χ4v) is 1.91. The Morgan fingerprint density at radius 1 is 1.10 bits per heavy atom. The van der Waals surface area contributed by atoms with Gasteiger partial charge in [0.15, 0.2) is 0 Å². The summed E-state index contributed by atoms with van der Waals surface area (Å²) < 4.78 is 0. The first-order valence-electron chi connectivity index (χ1n) is 6.37. The van der Waals surface area contributed by atoms with Crippen LogP contribution in [0.1, 0.15) is 21.5 Å². The van der Waals surface area contributed by atoms with E-state index in [9.17, 15) is 14.7 Å². The van der Waals surface area contributed by atoms with Crippen LogP contribution in [0.25, 0.3) is 0 Å². The molecule has 108 valence electrons. The number of hydrogen-bond acceptors (Lipinski definition) is 3. The average molecular weight is 285 g/mol. The highest BCUT2D eigenvalue weighted by molar-refractivity contribution is 6.06. The summed E-state index contributed by atoms with van der Waals surface area (Å²) in [6.45, 7) is 1.83. The van der Waals surface area contributed by atoms with Crippen molar-refractivity contribution in [2.75, 3.05) is 5.32 Å². The zero-order valence-electron chi connectivity index (χ0n) is 11.5. The molecule has 0 aliphatic heterocycles. The molecule has 0 spiro atoms. The van der Waals surface area contributed by atoms with E-state index in [4.69, 9.17) is 5.11 Å². The Morgan fingerprint density at radius 3 is 2.38 bits per heavy atom. The number of benzene rings is 2. The fourth-order valence-electron chi connectivity index (χ4n) is 1.91. The fraction of sp³-hybridized carbons (Fsp3) is 0.125. The Balaban J connectivity index is 2.12. The molecule has 5 heteroatoms. The summed E-state index contributed by atoms with van der Waals surface area (Å²) >= 11 is 0. The number of rotatable bonds is 4. The first kappa shape index (κ1) is 14.6. The van der Waals surface area contributed by atoms with Gasteiger partial charge in [0.05, 0.1) is 12.0 Å². The van der Waals surface area contributed by atoms with E-state index in [0.717, 1.165) is 5.56 Å². The first-order valence-corrected chi connectivity index (χ1v) is 6.37. The molecular formula is C16H15NO4. The molecule has 0 fully saturated rings. The largest absolute Gasteiger partial charge is 0.507 e. The van der Waals surface area contributed by atoms with Crippen LogP contribution in [0.2, 0.25) is 0 Å². The van der Waals surface area contributed by atoms with Crippen molar-refractivity contribution in [1.29, 1.82) is 0 Å². The number of hydrogen-bond donors (Lipinski definition) is 3. The Labute approximate surface area is 121 Å². The monoisotopic (exact) mass is 285 g/mol. The molecule has 21 heavy (non-hydrogen) atoms. The third kappa shape index (κ3) is 3.82. The topological polar surface area (TPSA) is 86.6 Å². The van der Waals surface area contributed by atoms with Crippen LogP contribution in [-0.2, 0) is 11.2 Å². The molecule has 0 unspecified atom stereocenters. The predicted octanol–water partition coefficient (Wildman–Crippen LogP) is 2.58. The second kappa shape index (κ2) is 6.09. The van der Waals surface area contributed by atoms with Gasteiger partial charge in [-0.25, -0.2) is 0 Å². The van der Waals surface area contributed by atoms with Gasteiger partial charge in [-0.15, -0.1) is 0 Å². The van der Waals surface area contributed by atoms with E-state index >= 15 is 0 Å². The molecule has 0 aliphatic carbocycles. The number of carboxylic acid groups (broad SMARTS) is 1. The van der Waals surface area contributed by atoms with Crippen molar-refractivity contribution in [3.8, 4) is 5.75 Å². The molecule has 0 atom stereocenters. The normalized spacial score (nSPS) is 10.1. The van der Waals surface area contributed by atoms with E-state index in [0.29, 0.717) is 11.3 Å². The number of carbonyl (C=O) groups excluding carboxylic acids is 1. The van der Waals surface area contributed by atoms with Crippen molar-refractivity contribution < 1.29 is 19.8 Å². The number of phenols is 1. The Kier molecular flexibility index (Phi) is 4.23. The van der Waals surface area contributed by atoms with E-state index in [1.165, 1.54) is 6.07 Å². The summed E-state index contributed by atoms with van der Waals surface area (Å²) in [7, 11) is 0. The second-order valence-electron chi connectivity index (χ2n) is 4.74. The Bertz CT molecular complexity index is 677. The van der Waals surface area contributed by atoms with Crippen molar-refractivity contribution >= 4 is 17.6 Å². The van der Waals surface area contributed by atoms with Gasteiger partial charge in [0.2, 0.25) is 0 Å². The number of carboxylic acids is 1. The number of amides is 1. The number of aryl methyl sites for hydroxylation is 1. The van der Waals surface area contributed by atoms with Crippen molar-refractivity contribution in [1.82, 2.24) is 0 Å². The lowest BCUT2D eigenvalue weighted by Gasteiger charge is -2.08. The maximum atomic E-state index is 12.1. The molecular weight excluding hydrogens is 270 g/mol. The summed E-state index contributed by atoms with van der Waals surface area (Å²) in [5.74, 6) is -1.40. The SMILES string of the molecule is Cc1ccc(O)c(C(=O)Nc2ccc(CC(=O)O)cc2)c1. The highest BCUT2D eigenvalue weighted by Gasteiger charge is 2.11. The smallest absolute Gasteiger partial charge is 0.307 e. The molecule has 0 bridgehead atoms. The Hall–Kier alpha value is -2.82. The minimum Gasteiger partial charge on any atom is -0.507 e. The van der Waals surface area contributed by atoms with Crippen LogP contribution in [0.4, 0.5) is 5.69 Å². The van der Waals surface area contributed by atoms with E-state index in [1.807, 2.05) is 6.92 Å². The van der Waals surface area contributed by atoms with Crippen LogP contribution in [0.3, 0.4) is 0 Å². The summed E-state index contributed by atoms with van der Waals surface area (Å²) in [5, 5.41) is 21.1. The van der Waals surface area contributed by atoms with Crippen molar-refractivity contribution in [3.63, 3.8) is 0 Å². The van der Waals surface area contributed by atoms with E-state index in [2.05, 4.69) is 5.32 Å². The highest BCUT2D eigenvalue weighted by atomic mass is 16.4.